The van der Waals surface area contributed by atoms with Gasteiger partial charge >= 0.3 is 0 Å². The summed E-state index contributed by atoms with van der Waals surface area (Å²) in [6.07, 6.45) is 15.3. The largest absolute Gasteiger partial charge is 0.145 e. The van der Waals surface area contributed by atoms with Gasteiger partial charge in [-0.2, -0.15) is 0 Å². The van der Waals surface area contributed by atoms with Gasteiger partial charge in [-0.05, 0) is 22.3 Å². The minimum absolute atomic E-state index is 0. The Morgan fingerprint density at radius 1 is 0.778 bits per heavy atom. The Morgan fingerprint density at radius 2 is 1.52 bits per heavy atom. The summed E-state index contributed by atoms with van der Waals surface area (Å²) in [5.41, 5.74) is 3.91. The SMILES string of the molecule is [C-]1=c2cccc(-c3cccc4ccccc34)c2=CC1=CC1CCCCC1.[Zr]. The Balaban J connectivity index is 0.00000180. The van der Waals surface area contributed by atoms with Crippen LogP contribution in [-0.2, 0) is 26.2 Å². The van der Waals surface area contributed by atoms with Crippen molar-refractivity contribution in [3.8, 4) is 11.1 Å². The molecule has 0 saturated heterocycles. The van der Waals surface area contributed by atoms with Crippen LogP contribution in [-0.4, -0.2) is 0 Å². The van der Waals surface area contributed by atoms with Gasteiger partial charge in [-0.3, -0.25) is 0 Å². The van der Waals surface area contributed by atoms with Crippen LogP contribution >= 0.6 is 0 Å². The van der Waals surface area contributed by atoms with E-state index in [4.69, 9.17) is 0 Å². The summed E-state index contributed by atoms with van der Waals surface area (Å²) in [6, 6.07) is 21.9. The summed E-state index contributed by atoms with van der Waals surface area (Å²) in [4.78, 5) is 0. The summed E-state index contributed by atoms with van der Waals surface area (Å²) < 4.78 is 0. The van der Waals surface area contributed by atoms with Crippen molar-refractivity contribution in [2.45, 2.75) is 32.1 Å². The zero-order valence-electron chi connectivity index (χ0n) is 15.5. The van der Waals surface area contributed by atoms with E-state index in [1.807, 2.05) is 0 Å². The normalized spacial score (nSPS) is 17.9. The zero-order chi connectivity index (χ0) is 17.3. The van der Waals surface area contributed by atoms with Crippen LogP contribution in [0.25, 0.3) is 34.1 Å². The van der Waals surface area contributed by atoms with Crippen molar-refractivity contribution in [1.29, 1.82) is 0 Å². The maximum absolute atomic E-state index is 3.65. The van der Waals surface area contributed by atoms with Gasteiger partial charge in [0, 0.05) is 26.2 Å². The van der Waals surface area contributed by atoms with Crippen molar-refractivity contribution >= 4 is 22.9 Å². The molecule has 2 aliphatic rings. The van der Waals surface area contributed by atoms with Crippen molar-refractivity contribution in [3.05, 3.63) is 82.8 Å². The molecule has 5 rings (SSSR count). The fourth-order valence-corrected chi connectivity index (χ4v) is 4.52. The van der Waals surface area contributed by atoms with Crippen LogP contribution in [0.2, 0.25) is 0 Å². The second-order valence-corrected chi connectivity index (χ2v) is 7.58. The Hall–Kier alpha value is -1.72. The second kappa shape index (κ2) is 8.11. The predicted octanol–water partition coefficient (Wildman–Crippen LogP) is 5.46. The minimum atomic E-state index is 0. The van der Waals surface area contributed by atoms with Gasteiger partial charge in [0.2, 0.25) is 0 Å². The van der Waals surface area contributed by atoms with E-state index in [-0.39, 0.29) is 26.2 Å². The first-order chi connectivity index (χ1) is 12.9. The molecule has 0 heterocycles. The fourth-order valence-electron chi connectivity index (χ4n) is 4.52. The standard InChI is InChI=1S/C26H23.Zr/c1-2-8-19(9-3-1)16-20-17-22-12-7-15-25(26(22)18-20)24-14-6-11-21-10-4-5-13-23(21)24;/h4-7,10-16,18-19H,1-3,8-9H2;/q-1;. The summed E-state index contributed by atoms with van der Waals surface area (Å²) in [6.45, 7) is 0. The van der Waals surface area contributed by atoms with E-state index in [9.17, 15) is 0 Å². The summed E-state index contributed by atoms with van der Waals surface area (Å²) in [5.74, 6) is 0.734. The van der Waals surface area contributed by atoms with Crippen LogP contribution in [0.3, 0.4) is 0 Å². The zero-order valence-corrected chi connectivity index (χ0v) is 18.0. The van der Waals surface area contributed by atoms with Crippen LogP contribution in [0.4, 0.5) is 0 Å². The average Bonchev–Trinajstić information content (AvgIpc) is 3.11. The van der Waals surface area contributed by atoms with E-state index < -0.39 is 0 Å². The molecule has 27 heavy (non-hydrogen) atoms. The Morgan fingerprint density at radius 3 is 2.41 bits per heavy atom. The number of rotatable bonds is 2. The van der Waals surface area contributed by atoms with E-state index in [0.29, 0.717) is 0 Å². The van der Waals surface area contributed by atoms with Crippen LogP contribution in [0, 0.1) is 5.92 Å². The third-order valence-corrected chi connectivity index (χ3v) is 5.83. The third-order valence-electron chi connectivity index (χ3n) is 5.83. The van der Waals surface area contributed by atoms with Crippen molar-refractivity contribution in [2.75, 3.05) is 0 Å². The molecule has 1 heteroatoms. The number of benzene rings is 3. The number of hydrogen-bond acceptors (Lipinski definition) is 0. The average molecular weight is 427 g/mol. The fraction of sp³-hybridized carbons (Fsp3) is 0.231. The van der Waals surface area contributed by atoms with Gasteiger partial charge in [0.1, 0.15) is 0 Å². The molecule has 0 spiro atoms. The molecule has 0 aliphatic heterocycles. The first-order valence-corrected chi connectivity index (χ1v) is 9.83. The molecule has 0 bridgehead atoms. The maximum atomic E-state index is 3.65. The van der Waals surface area contributed by atoms with E-state index in [0.717, 1.165) is 5.92 Å². The number of fused-ring (bicyclic) bond motifs is 2. The molecule has 0 N–H and O–H groups in total. The molecule has 0 unspecified atom stereocenters. The molecule has 3 aromatic rings. The van der Waals surface area contributed by atoms with Crippen LogP contribution in [0.5, 0.6) is 0 Å². The first kappa shape index (κ1) is 18.6. The van der Waals surface area contributed by atoms with Crippen molar-refractivity contribution in [2.24, 2.45) is 5.92 Å². The van der Waals surface area contributed by atoms with E-state index >= 15 is 0 Å². The van der Waals surface area contributed by atoms with Gasteiger partial charge in [-0.1, -0.05) is 92.3 Å². The molecule has 0 radical (unpaired) electrons. The smallest absolute Gasteiger partial charge is 0 e. The van der Waals surface area contributed by atoms with E-state index in [1.165, 1.54) is 70.0 Å². The molecule has 2 aliphatic carbocycles. The van der Waals surface area contributed by atoms with Gasteiger partial charge < -0.3 is 0 Å². The molecular formula is C26H23Zr-. The third kappa shape index (κ3) is 3.67. The molecule has 0 atom stereocenters. The van der Waals surface area contributed by atoms with Crippen molar-refractivity contribution in [1.82, 2.24) is 0 Å². The van der Waals surface area contributed by atoms with E-state index in [1.54, 1.807) is 0 Å². The Kier molecular flexibility index (Phi) is 5.60. The Labute approximate surface area is 180 Å². The van der Waals surface area contributed by atoms with E-state index in [2.05, 4.69) is 78.9 Å². The molecular weight excluding hydrogens is 404 g/mol. The Bertz CT molecular complexity index is 1110. The maximum Gasteiger partial charge on any atom is 0 e. The van der Waals surface area contributed by atoms with Crippen LogP contribution in [0.15, 0.2) is 72.3 Å². The van der Waals surface area contributed by atoms with Crippen molar-refractivity contribution < 1.29 is 26.2 Å². The molecule has 0 amide bonds. The predicted molar refractivity (Wildman–Crippen MR) is 111 cm³/mol. The number of allylic oxidation sites excluding steroid dienone is 2. The topological polar surface area (TPSA) is 0 Å². The van der Waals surface area contributed by atoms with Gasteiger partial charge in [0.25, 0.3) is 0 Å². The summed E-state index contributed by atoms with van der Waals surface area (Å²) in [7, 11) is 0. The first-order valence-electron chi connectivity index (χ1n) is 9.83. The molecule has 0 nitrogen and oxygen atoms in total. The van der Waals surface area contributed by atoms with Crippen LogP contribution < -0.4 is 10.4 Å². The quantitative estimate of drug-likeness (QED) is 0.477. The van der Waals surface area contributed by atoms with Gasteiger partial charge in [-0.15, -0.1) is 40.3 Å². The molecule has 132 valence electrons. The number of hydrogen-bond donors (Lipinski definition) is 0. The van der Waals surface area contributed by atoms with Crippen molar-refractivity contribution in [3.63, 3.8) is 0 Å². The van der Waals surface area contributed by atoms with Gasteiger partial charge in [0.15, 0.2) is 0 Å². The summed E-state index contributed by atoms with van der Waals surface area (Å²) in [5, 5.41) is 5.18. The van der Waals surface area contributed by atoms with Gasteiger partial charge in [-0.25, -0.2) is 0 Å². The van der Waals surface area contributed by atoms with Crippen LogP contribution in [0.1, 0.15) is 32.1 Å². The second-order valence-electron chi connectivity index (χ2n) is 7.58. The molecule has 1 saturated carbocycles. The molecule has 3 aromatic carbocycles. The molecule has 1 fully saturated rings. The van der Waals surface area contributed by atoms with Gasteiger partial charge in [0.05, 0.1) is 0 Å². The monoisotopic (exact) mass is 425 g/mol. The minimum Gasteiger partial charge on any atom is -0.145 e. The molecule has 0 aromatic heterocycles. The summed E-state index contributed by atoms with van der Waals surface area (Å²) >= 11 is 0.